The summed E-state index contributed by atoms with van der Waals surface area (Å²) in [6, 6.07) is 10.1. The van der Waals surface area contributed by atoms with E-state index >= 15 is 0 Å². The zero-order valence-corrected chi connectivity index (χ0v) is 14.8. The number of amides is 2. The number of benzene rings is 2. The topological polar surface area (TPSA) is 102 Å². The molecule has 0 unspecified atom stereocenters. The van der Waals surface area contributed by atoms with Crippen LogP contribution < -0.4 is 16.0 Å². The first-order chi connectivity index (χ1) is 12.7. The van der Waals surface area contributed by atoms with Gasteiger partial charge in [-0.05, 0) is 44.2 Å². The highest BCUT2D eigenvalue weighted by Gasteiger charge is 2.43. The zero-order valence-electron chi connectivity index (χ0n) is 14.8. The third-order valence-corrected chi connectivity index (χ3v) is 4.32. The molecule has 27 heavy (non-hydrogen) atoms. The van der Waals surface area contributed by atoms with E-state index in [9.17, 15) is 18.8 Å². The molecular weight excluding hydrogens is 353 g/mol. The Labute approximate surface area is 154 Å². The number of hydrogen-bond acceptors (Lipinski definition) is 5. The van der Waals surface area contributed by atoms with Gasteiger partial charge in [0, 0.05) is 5.69 Å². The number of carbonyl (C=O) groups is 3. The molecule has 0 saturated heterocycles. The third kappa shape index (κ3) is 3.33. The van der Waals surface area contributed by atoms with Crippen molar-refractivity contribution in [1.29, 1.82) is 0 Å². The van der Waals surface area contributed by atoms with Crippen LogP contribution >= 0.6 is 0 Å². The molecule has 0 aromatic heterocycles. The van der Waals surface area contributed by atoms with Gasteiger partial charge in [0.2, 0.25) is 5.91 Å². The quantitative estimate of drug-likeness (QED) is 0.637. The summed E-state index contributed by atoms with van der Waals surface area (Å²) in [6.45, 7) is 2.59. The number of nitrogens with zero attached hydrogens (tertiary/aromatic N) is 1. The van der Waals surface area contributed by atoms with Gasteiger partial charge < -0.3 is 15.8 Å². The molecule has 0 bridgehead atoms. The van der Waals surface area contributed by atoms with E-state index in [0.717, 1.165) is 12.1 Å². The number of para-hydroxylation sites is 2. The summed E-state index contributed by atoms with van der Waals surface area (Å²) in [7, 11) is 0. The lowest BCUT2D eigenvalue weighted by Gasteiger charge is -2.41. The first-order valence-electron chi connectivity index (χ1n) is 8.17. The Kier molecular flexibility index (Phi) is 4.57. The van der Waals surface area contributed by atoms with Crippen LogP contribution in [0, 0.1) is 5.82 Å². The van der Waals surface area contributed by atoms with Crippen molar-refractivity contribution in [2.75, 3.05) is 22.6 Å². The standard InChI is InChI=1S/C19H18FN3O4/c1-19(2)18(26)22-14-5-3-4-6-15(14)23(19)16(24)10-27-17(25)12-8-7-11(20)9-13(12)21/h3-9H,10,21H2,1-2H3,(H,22,26). The number of carbonyl (C=O) groups excluding carboxylic acids is 3. The summed E-state index contributed by atoms with van der Waals surface area (Å²) < 4.78 is 18.1. The van der Waals surface area contributed by atoms with Crippen molar-refractivity contribution in [2.24, 2.45) is 0 Å². The molecule has 0 atom stereocenters. The van der Waals surface area contributed by atoms with Gasteiger partial charge in [0.25, 0.3) is 5.91 Å². The molecule has 140 valence electrons. The summed E-state index contributed by atoms with van der Waals surface area (Å²) >= 11 is 0. The van der Waals surface area contributed by atoms with Gasteiger partial charge >= 0.3 is 5.97 Å². The summed E-state index contributed by atoms with van der Waals surface area (Å²) in [6.07, 6.45) is 0. The van der Waals surface area contributed by atoms with Crippen LogP contribution in [-0.2, 0) is 14.3 Å². The lowest BCUT2D eigenvalue weighted by molar-refractivity contribution is -0.128. The van der Waals surface area contributed by atoms with E-state index in [-0.39, 0.29) is 17.2 Å². The first-order valence-corrected chi connectivity index (χ1v) is 8.17. The number of nitrogens with one attached hydrogen (secondary N) is 1. The van der Waals surface area contributed by atoms with Gasteiger partial charge in [0.15, 0.2) is 6.61 Å². The molecule has 0 spiro atoms. The van der Waals surface area contributed by atoms with Crippen LogP contribution in [0.15, 0.2) is 42.5 Å². The van der Waals surface area contributed by atoms with Gasteiger partial charge in [-0.1, -0.05) is 12.1 Å². The van der Waals surface area contributed by atoms with Crippen LogP contribution in [0.25, 0.3) is 0 Å². The van der Waals surface area contributed by atoms with E-state index < -0.39 is 29.8 Å². The molecule has 2 amide bonds. The molecule has 0 radical (unpaired) electrons. The van der Waals surface area contributed by atoms with Crippen LogP contribution in [0.3, 0.4) is 0 Å². The number of hydrogen-bond donors (Lipinski definition) is 2. The molecule has 3 N–H and O–H groups in total. The maximum Gasteiger partial charge on any atom is 0.340 e. The molecule has 0 saturated carbocycles. The number of esters is 1. The van der Waals surface area contributed by atoms with Gasteiger partial charge in [0.05, 0.1) is 16.9 Å². The van der Waals surface area contributed by atoms with Crippen LogP contribution in [0.5, 0.6) is 0 Å². The van der Waals surface area contributed by atoms with Gasteiger partial charge in [-0.2, -0.15) is 0 Å². The summed E-state index contributed by atoms with van der Waals surface area (Å²) in [4.78, 5) is 38.6. The molecule has 1 heterocycles. The molecule has 2 aromatic rings. The smallest absolute Gasteiger partial charge is 0.340 e. The normalized spacial score (nSPS) is 14.9. The minimum atomic E-state index is -1.17. The van der Waals surface area contributed by atoms with E-state index in [0.29, 0.717) is 11.4 Å². The number of rotatable bonds is 3. The fraction of sp³-hybridized carbons (Fsp3) is 0.211. The molecule has 3 rings (SSSR count). The lowest BCUT2D eigenvalue weighted by Crippen LogP contribution is -2.59. The van der Waals surface area contributed by atoms with E-state index in [1.807, 2.05) is 0 Å². The maximum atomic E-state index is 13.1. The molecule has 0 aliphatic carbocycles. The Bertz CT molecular complexity index is 942. The monoisotopic (exact) mass is 371 g/mol. The largest absolute Gasteiger partial charge is 0.452 e. The van der Waals surface area contributed by atoms with Crippen molar-refractivity contribution >= 4 is 34.8 Å². The highest BCUT2D eigenvalue weighted by molar-refractivity contribution is 6.14. The van der Waals surface area contributed by atoms with Gasteiger partial charge in [0.1, 0.15) is 11.4 Å². The van der Waals surface area contributed by atoms with Crippen molar-refractivity contribution in [3.05, 3.63) is 53.8 Å². The van der Waals surface area contributed by atoms with Crippen molar-refractivity contribution < 1.29 is 23.5 Å². The van der Waals surface area contributed by atoms with E-state index in [4.69, 9.17) is 10.5 Å². The summed E-state index contributed by atoms with van der Waals surface area (Å²) in [5.41, 5.74) is 5.30. The second-order valence-electron chi connectivity index (χ2n) is 6.57. The van der Waals surface area contributed by atoms with Crippen molar-refractivity contribution in [2.45, 2.75) is 19.4 Å². The molecule has 0 fully saturated rings. The highest BCUT2D eigenvalue weighted by atomic mass is 19.1. The van der Waals surface area contributed by atoms with Crippen molar-refractivity contribution in [3.8, 4) is 0 Å². The predicted octanol–water partition coefficient (Wildman–Crippen LogP) is 2.33. The predicted molar refractivity (Wildman–Crippen MR) is 97.7 cm³/mol. The fourth-order valence-corrected chi connectivity index (χ4v) is 2.89. The Morgan fingerprint density at radius 3 is 2.63 bits per heavy atom. The second kappa shape index (κ2) is 6.71. The highest BCUT2D eigenvalue weighted by Crippen LogP contribution is 2.36. The Hall–Kier alpha value is -3.42. The molecule has 1 aliphatic rings. The Balaban J connectivity index is 1.81. The summed E-state index contributed by atoms with van der Waals surface area (Å²) in [5, 5.41) is 2.75. The third-order valence-electron chi connectivity index (χ3n) is 4.32. The molecule has 8 heteroatoms. The van der Waals surface area contributed by atoms with Gasteiger partial charge in [-0.25, -0.2) is 9.18 Å². The van der Waals surface area contributed by atoms with Crippen molar-refractivity contribution in [3.63, 3.8) is 0 Å². The van der Waals surface area contributed by atoms with Crippen LogP contribution in [0.4, 0.5) is 21.5 Å². The van der Waals surface area contributed by atoms with E-state index in [1.165, 1.54) is 11.0 Å². The van der Waals surface area contributed by atoms with Crippen LogP contribution in [-0.4, -0.2) is 29.9 Å². The molecule has 2 aromatic carbocycles. The van der Waals surface area contributed by atoms with Gasteiger partial charge in [-0.15, -0.1) is 0 Å². The van der Waals surface area contributed by atoms with Gasteiger partial charge in [-0.3, -0.25) is 14.5 Å². The SMILES string of the molecule is CC1(C)C(=O)Nc2ccccc2N1C(=O)COC(=O)c1ccc(F)cc1N. The fourth-order valence-electron chi connectivity index (χ4n) is 2.89. The number of nitrogen functional groups attached to an aromatic ring is 1. The molecule has 7 nitrogen and oxygen atoms in total. The minimum Gasteiger partial charge on any atom is -0.452 e. The first kappa shape index (κ1) is 18.4. The van der Waals surface area contributed by atoms with Crippen molar-refractivity contribution in [1.82, 2.24) is 0 Å². The number of halogens is 1. The summed E-state index contributed by atoms with van der Waals surface area (Å²) in [5.74, 6) is -2.37. The Morgan fingerprint density at radius 1 is 1.22 bits per heavy atom. The molecular formula is C19H18FN3O4. The maximum absolute atomic E-state index is 13.1. The average molecular weight is 371 g/mol. The van der Waals surface area contributed by atoms with E-state index in [1.54, 1.807) is 38.1 Å². The number of nitrogens with two attached hydrogens (primary N) is 1. The average Bonchev–Trinajstić information content (AvgIpc) is 2.60. The second-order valence-corrected chi connectivity index (χ2v) is 6.57. The number of ether oxygens (including phenoxy) is 1. The minimum absolute atomic E-state index is 0.0414. The van der Waals surface area contributed by atoms with Crippen LogP contribution in [0.1, 0.15) is 24.2 Å². The lowest BCUT2D eigenvalue weighted by atomic mass is 9.96. The molecule has 1 aliphatic heterocycles. The van der Waals surface area contributed by atoms with Crippen LogP contribution in [0.2, 0.25) is 0 Å². The zero-order chi connectivity index (χ0) is 19.8. The number of anilines is 3. The van der Waals surface area contributed by atoms with E-state index in [2.05, 4.69) is 5.32 Å². The Morgan fingerprint density at radius 2 is 1.93 bits per heavy atom. The number of fused-ring (bicyclic) bond motifs is 1.